The van der Waals surface area contributed by atoms with Crippen molar-refractivity contribution in [2.75, 3.05) is 0 Å². The number of hydrogen-bond donors (Lipinski definition) is 1. The standard InChI is InChI=1S/C16H25NO2/c1-13(2)9-16(18,14(3,4)19-13)15(10-17)8-11-5-6-12(15)7-11/h11-12,18H,5-9H2,1-4H3. The van der Waals surface area contributed by atoms with Gasteiger partial charge in [-0.05, 0) is 58.8 Å². The third-order valence-electron chi connectivity index (χ3n) is 6.00. The van der Waals surface area contributed by atoms with Gasteiger partial charge >= 0.3 is 0 Å². The molecule has 3 rings (SSSR count). The highest BCUT2D eigenvalue weighted by molar-refractivity contribution is 5.27. The van der Waals surface area contributed by atoms with Gasteiger partial charge in [-0.3, -0.25) is 0 Å². The molecule has 106 valence electrons. The number of nitriles is 1. The van der Waals surface area contributed by atoms with Gasteiger partial charge in [-0.2, -0.15) is 5.26 Å². The van der Waals surface area contributed by atoms with Crippen LogP contribution in [0.3, 0.4) is 0 Å². The van der Waals surface area contributed by atoms with Crippen LogP contribution in [0, 0.1) is 28.6 Å². The maximum Gasteiger partial charge on any atom is 0.115 e. The van der Waals surface area contributed by atoms with Gasteiger partial charge in [0.2, 0.25) is 0 Å². The molecule has 3 aliphatic rings. The zero-order valence-electron chi connectivity index (χ0n) is 12.5. The topological polar surface area (TPSA) is 53.2 Å². The molecule has 0 spiro atoms. The highest BCUT2D eigenvalue weighted by Crippen LogP contribution is 2.66. The number of rotatable bonds is 1. The molecule has 4 unspecified atom stereocenters. The van der Waals surface area contributed by atoms with E-state index >= 15 is 0 Å². The predicted molar refractivity (Wildman–Crippen MR) is 72.3 cm³/mol. The van der Waals surface area contributed by atoms with Gasteiger partial charge in [-0.25, -0.2) is 0 Å². The summed E-state index contributed by atoms with van der Waals surface area (Å²) in [5.41, 5.74) is -2.65. The lowest BCUT2D eigenvalue weighted by Crippen LogP contribution is -2.60. The Hall–Kier alpha value is -0.590. The Morgan fingerprint density at radius 1 is 1.21 bits per heavy atom. The van der Waals surface area contributed by atoms with Crippen LogP contribution in [0.2, 0.25) is 0 Å². The molecule has 1 aliphatic heterocycles. The lowest BCUT2D eigenvalue weighted by atomic mass is 9.57. The van der Waals surface area contributed by atoms with E-state index in [1.54, 1.807) is 0 Å². The molecule has 4 atom stereocenters. The van der Waals surface area contributed by atoms with E-state index in [-0.39, 0.29) is 5.60 Å². The molecular formula is C16H25NO2. The third-order valence-corrected chi connectivity index (χ3v) is 6.00. The van der Waals surface area contributed by atoms with E-state index in [1.807, 2.05) is 27.7 Å². The quantitative estimate of drug-likeness (QED) is 0.791. The fraction of sp³-hybridized carbons (Fsp3) is 0.938. The highest BCUT2D eigenvalue weighted by Gasteiger charge is 2.71. The number of ether oxygens (including phenoxy) is 1. The molecule has 2 aliphatic carbocycles. The summed E-state index contributed by atoms with van der Waals surface area (Å²) in [5, 5.41) is 21.4. The van der Waals surface area contributed by atoms with Crippen molar-refractivity contribution in [2.24, 2.45) is 17.3 Å². The molecule has 3 fully saturated rings. The van der Waals surface area contributed by atoms with Crippen LogP contribution in [0.5, 0.6) is 0 Å². The second-order valence-corrected chi connectivity index (χ2v) is 8.07. The number of nitrogens with zero attached hydrogens (tertiary/aromatic N) is 1. The van der Waals surface area contributed by atoms with Crippen LogP contribution in [0.15, 0.2) is 0 Å². The second kappa shape index (κ2) is 3.54. The predicted octanol–water partition coefficient (Wildman–Crippen LogP) is 3.02. The van der Waals surface area contributed by atoms with Crippen LogP contribution in [0.25, 0.3) is 0 Å². The van der Waals surface area contributed by atoms with Crippen molar-refractivity contribution in [3.05, 3.63) is 0 Å². The van der Waals surface area contributed by atoms with E-state index in [1.165, 1.54) is 6.42 Å². The summed E-state index contributed by atoms with van der Waals surface area (Å²) in [6.45, 7) is 7.94. The highest BCUT2D eigenvalue weighted by atomic mass is 16.5. The smallest absolute Gasteiger partial charge is 0.115 e. The van der Waals surface area contributed by atoms with Gasteiger partial charge < -0.3 is 9.84 Å². The zero-order chi connectivity index (χ0) is 14.1. The summed E-state index contributed by atoms with van der Waals surface area (Å²) in [5.74, 6) is 0.984. The molecule has 0 aromatic heterocycles. The Morgan fingerprint density at radius 3 is 2.26 bits per heavy atom. The molecule has 3 nitrogen and oxygen atoms in total. The van der Waals surface area contributed by atoms with Crippen molar-refractivity contribution < 1.29 is 9.84 Å². The normalized spacial score (nSPS) is 50.3. The molecule has 1 saturated heterocycles. The van der Waals surface area contributed by atoms with Crippen LogP contribution in [0.1, 0.15) is 59.8 Å². The maximum absolute atomic E-state index is 11.5. The zero-order valence-corrected chi connectivity index (χ0v) is 12.5. The second-order valence-electron chi connectivity index (χ2n) is 8.07. The molecule has 19 heavy (non-hydrogen) atoms. The van der Waals surface area contributed by atoms with Crippen LogP contribution >= 0.6 is 0 Å². The Bertz CT molecular complexity index is 450. The van der Waals surface area contributed by atoms with Crippen LogP contribution in [-0.4, -0.2) is 21.9 Å². The average Bonchev–Trinajstić information content (AvgIpc) is 2.89. The van der Waals surface area contributed by atoms with E-state index in [2.05, 4.69) is 6.07 Å². The Balaban J connectivity index is 2.07. The van der Waals surface area contributed by atoms with Crippen LogP contribution in [-0.2, 0) is 4.74 Å². The molecule has 0 amide bonds. The Labute approximate surface area is 115 Å². The van der Waals surface area contributed by atoms with Crippen LogP contribution < -0.4 is 0 Å². The maximum atomic E-state index is 11.5. The minimum absolute atomic E-state index is 0.351. The molecule has 1 N–H and O–H groups in total. The summed E-state index contributed by atoms with van der Waals surface area (Å²) in [7, 11) is 0. The monoisotopic (exact) mass is 263 g/mol. The van der Waals surface area contributed by atoms with Crippen molar-refractivity contribution in [2.45, 2.75) is 76.6 Å². The van der Waals surface area contributed by atoms with Gasteiger partial charge in [-0.1, -0.05) is 6.42 Å². The SMILES string of the molecule is CC1(C)CC(O)(C2(C#N)CC3CCC2C3)C(C)(C)O1. The molecule has 0 aromatic carbocycles. The van der Waals surface area contributed by atoms with E-state index in [9.17, 15) is 10.4 Å². The number of hydrogen-bond acceptors (Lipinski definition) is 3. The fourth-order valence-electron chi connectivity index (χ4n) is 5.40. The van der Waals surface area contributed by atoms with Crippen molar-refractivity contribution in [1.82, 2.24) is 0 Å². The number of aliphatic hydroxyl groups is 1. The lowest BCUT2D eigenvalue weighted by molar-refractivity contribution is -0.176. The first-order valence-electron chi connectivity index (χ1n) is 7.50. The van der Waals surface area contributed by atoms with E-state index in [0.717, 1.165) is 19.3 Å². The third kappa shape index (κ3) is 1.51. The average molecular weight is 263 g/mol. The minimum Gasteiger partial charge on any atom is -0.385 e. The van der Waals surface area contributed by atoms with Gasteiger partial charge in [0.15, 0.2) is 0 Å². The van der Waals surface area contributed by atoms with Gasteiger partial charge in [0, 0.05) is 6.42 Å². The van der Waals surface area contributed by atoms with E-state index < -0.39 is 16.6 Å². The Kier molecular flexibility index (Phi) is 2.49. The van der Waals surface area contributed by atoms with Crippen molar-refractivity contribution in [1.29, 1.82) is 5.26 Å². The largest absolute Gasteiger partial charge is 0.385 e. The van der Waals surface area contributed by atoms with Gasteiger partial charge in [0.05, 0.1) is 22.7 Å². The molecular weight excluding hydrogens is 238 g/mol. The van der Waals surface area contributed by atoms with Gasteiger partial charge in [0.25, 0.3) is 0 Å². The van der Waals surface area contributed by atoms with Crippen molar-refractivity contribution >= 4 is 0 Å². The number of fused-ring (bicyclic) bond motifs is 2. The van der Waals surface area contributed by atoms with Gasteiger partial charge in [0.1, 0.15) is 5.60 Å². The molecule has 1 heterocycles. The summed E-state index contributed by atoms with van der Waals surface area (Å²) >= 11 is 0. The van der Waals surface area contributed by atoms with E-state index in [4.69, 9.17) is 4.74 Å². The van der Waals surface area contributed by atoms with Gasteiger partial charge in [-0.15, -0.1) is 0 Å². The molecule has 0 radical (unpaired) electrons. The van der Waals surface area contributed by atoms with E-state index in [0.29, 0.717) is 18.3 Å². The Morgan fingerprint density at radius 2 is 1.89 bits per heavy atom. The van der Waals surface area contributed by atoms with Crippen molar-refractivity contribution in [3.63, 3.8) is 0 Å². The minimum atomic E-state index is -1.03. The fourth-order valence-corrected chi connectivity index (χ4v) is 5.40. The first-order valence-corrected chi connectivity index (χ1v) is 7.50. The first kappa shape index (κ1) is 13.4. The molecule has 2 saturated carbocycles. The summed E-state index contributed by atoms with van der Waals surface area (Å²) < 4.78 is 6.10. The lowest BCUT2D eigenvalue weighted by Gasteiger charge is -2.49. The first-order chi connectivity index (χ1) is 8.66. The summed E-state index contributed by atoms with van der Waals surface area (Å²) in [6, 6.07) is 2.55. The van der Waals surface area contributed by atoms with Crippen LogP contribution in [0.4, 0.5) is 0 Å². The molecule has 0 aromatic rings. The molecule has 2 bridgehead atoms. The van der Waals surface area contributed by atoms with Crippen molar-refractivity contribution in [3.8, 4) is 6.07 Å². The summed E-state index contributed by atoms with van der Waals surface area (Å²) in [4.78, 5) is 0. The molecule has 3 heteroatoms. The summed E-state index contributed by atoms with van der Waals surface area (Å²) in [6.07, 6.45) is 4.86.